The summed E-state index contributed by atoms with van der Waals surface area (Å²) in [5, 5.41) is 2.99. The highest BCUT2D eigenvalue weighted by Crippen LogP contribution is 2.18. The lowest BCUT2D eigenvalue weighted by Crippen LogP contribution is -2.20. The molecule has 1 N–H and O–H groups in total. The maximum absolute atomic E-state index is 11.4. The Balaban J connectivity index is 2.11. The van der Waals surface area contributed by atoms with E-state index in [9.17, 15) is 4.79 Å². The minimum Gasteiger partial charge on any atom is -0.381 e. The minimum absolute atomic E-state index is 0.390. The van der Waals surface area contributed by atoms with Crippen molar-refractivity contribution >= 4 is 5.78 Å². The average molecular weight is 185 g/mol. The summed E-state index contributed by atoms with van der Waals surface area (Å²) in [5.41, 5.74) is 0. The van der Waals surface area contributed by atoms with Gasteiger partial charge in [-0.05, 0) is 25.8 Å². The molecule has 0 amide bonds. The van der Waals surface area contributed by atoms with Gasteiger partial charge in [0, 0.05) is 32.6 Å². The summed E-state index contributed by atoms with van der Waals surface area (Å²) in [5.74, 6) is 0.972. The molecular formula is C10H19NO2. The standard InChI is InChI=1S/C10H19NO2/c1-11-5-2-10(12)8-9-3-6-13-7-4-9/h9,11H,2-8H2,1H3. The first-order valence-corrected chi connectivity index (χ1v) is 5.07. The fourth-order valence-corrected chi connectivity index (χ4v) is 1.64. The summed E-state index contributed by atoms with van der Waals surface area (Å²) >= 11 is 0. The second-order valence-corrected chi connectivity index (χ2v) is 3.65. The molecule has 1 aliphatic rings. The Morgan fingerprint density at radius 2 is 2.15 bits per heavy atom. The first-order valence-electron chi connectivity index (χ1n) is 5.07. The number of nitrogens with one attached hydrogen (secondary N) is 1. The number of hydrogen-bond donors (Lipinski definition) is 1. The van der Waals surface area contributed by atoms with E-state index in [0.717, 1.165) is 39.0 Å². The number of hydrogen-bond acceptors (Lipinski definition) is 3. The van der Waals surface area contributed by atoms with Gasteiger partial charge in [0.25, 0.3) is 0 Å². The van der Waals surface area contributed by atoms with Gasteiger partial charge >= 0.3 is 0 Å². The lowest BCUT2D eigenvalue weighted by atomic mass is 9.93. The van der Waals surface area contributed by atoms with E-state index in [0.29, 0.717) is 18.1 Å². The molecule has 0 unspecified atom stereocenters. The van der Waals surface area contributed by atoms with Gasteiger partial charge < -0.3 is 10.1 Å². The zero-order chi connectivity index (χ0) is 9.52. The zero-order valence-corrected chi connectivity index (χ0v) is 8.34. The number of Topliss-reactive ketones (excluding diaryl/α,β-unsaturated/α-hetero) is 1. The molecule has 1 rings (SSSR count). The van der Waals surface area contributed by atoms with Crippen molar-refractivity contribution in [1.82, 2.24) is 5.32 Å². The highest BCUT2D eigenvalue weighted by molar-refractivity contribution is 5.78. The largest absolute Gasteiger partial charge is 0.381 e. The first-order chi connectivity index (χ1) is 6.33. The predicted octanol–water partition coefficient (Wildman–Crippen LogP) is 0.982. The van der Waals surface area contributed by atoms with E-state index in [2.05, 4.69) is 5.32 Å². The molecule has 0 spiro atoms. The van der Waals surface area contributed by atoms with Crippen LogP contribution in [0.3, 0.4) is 0 Å². The topological polar surface area (TPSA) is 38.3 Å². The summed E-state index contributed by atoms with van der Waals surface area (Å²) in [6.45, 7) is 2.48. The summed E-state index contributed by atoms with van der Waals surface area (Å²) in [7, 11) is 1.88. The fourth-order valence-electron chi connectivity index (χ4n) is 1.64. The van der Waals surface area contributed by atoms with Crippen molar-refractivity contribution in [2.45, 2.75) is 25.7 Å². The lowest BCUT2D eigenvalue weighted by Gasteiger charge is -2.21. The number of ether oxygens (including phenoxy) is 1. The van der Waals surface area contributed by atoms with Gasteiger partial charge in [0.15, 0.2) is 0 Å². The quantitative estimate of drug-likeness (QED) is 0.694. The summed E-state index contributed by atoms with van der Waals surface area (Å²) in [4.78, 5) is 11.4. The summed E-state index contributed by atoms with van der Waals surface area (Å²) < 4.78 is 5.24. The third kappa shape index (κ3) is 4.39. The van der Waals surface area contributed by atoms with Crippen molar-refractivity contribution in [3.63, 3.8) is 0 Å². The van der Waals surface area contributed by atoms with Gasteiger partial charge in [0.1, 0.15) is 5.78 Å². The van der Waals surface area contributed by atoms with Gasteiger partial charge in [-0.2, -0.15) is 0 Å². The van der Waals surface area contributed by atoms with E-state index >= 15 is 0 Å². The van der Waals surface area contributed by atoms with Gasteiger partial charge in [0.2, 0.25) is 0 Å². The second-order valence-electron chi connectivity index (χ2n) is 3.65. The molecule has 76 valence electrons. The van der Waals surface area contributed by atoms with Gasteiger partial charge in [-0.3, -0.25) is 4.79 Å². The molecule has 0 bridgehead atoms. The molecule has 0 radical (unpaired) electrons. The molecule has 0 aliphatic carbocycles. The Morgan fingerprint density at radius 1 is 1.46 bits per heavy atom. The van der Waals surface area contributed by atoms with Crippen LogP contribution in [-0.4, -0.2) is 32.6 Å². The van der Waals surface area contributed by atoms with Gasteiger partial charge in [-0.25, -0.2) is 0 Å². The van der Waals surface area contributed by atoms with Crippen LogP contribution >= 0.6 is 0 Å². The van der Waals surface area contributed by atoms with Crippen LogP contribution in [0.15, 0.2) is 0 Å². The second kappa shape index (κ2) is 6.11. The molecule has 1 aliphatic heterocycles. The molecular weight excluding hydrogens is 166 g/mol. The van der Waals surface area contributed by atoms with E-state index in [1.165, 1.54) is 0 Å². The smallest absolute Gasteiger partial charge is 0.134 e. The van der Waals surface area contributed by atoms with Crippen LogP contribution in [0.1, 0.15) is 25.7 Å². The lowest BCUT2D eigenvalue weighted by molar-refractivity contribution is -0.120. The summed E-state index contributed by atoms with van der Waals surface area (Å²) in [6, 6.07) is 0. The van der Waals surface area contributed by atoms with Crippen molar-refractivity contribution in [3.8, 4) is 0 Å². The minimum atomic E-state index is 0.390. The molecule has 1 saturated heterocycles. The molecule has 0 atom stereocenters. The van der Waals surface area contributed by atoms with Crippen LogP contribution < -0.4 is 5.32 Å². The number of ketones is 1. The van der Waals surface area contributed by atoms with Crippen molar-refractivity contribution in [1.29, 1.82) is 0 Å². The van der Waals surface area contributed by atoms with Crippen LogP contribution in [0.4, 0.5) is 0 Å². The van der Waals surface area contributed by atoms with E-state index in [1.54, 1.807) is 0 Å². The van der Waals surface area contributed by atoms with Crippen LogP contribution in [0.5, 0.6) is 0 Å². The van der Waals surface area contributed by atoms with Crippen molar-refractivity contribution < 1.29 is 9.53 Å². The van der Waals surface area contributed by atoms with E-state index < -0.39 is 0 Å². The van der Waals surface area contributed by atoms with Crippen LogP contribution in [-0.2, 0) is 9.53 Å². The van der Waals surface area contributed by atoms with Crippen molar-refractivity contribution in [3.05, 3.63) is 0 Å². The Labute approximate surface area is 79.8 Å². The Hall–Kier alpha value is -0.410. The van der Waals surface area contributed by atoms with Crippen LogP contribution in [0, 0.1) is 5.92 Å². The normalized spacial score (nSPS) is 18.8. The van der Waals surface area contributed by atoms with Gasteiger partial charge in [-0.15, -0.1) is 0 Å². The summed E-state index contributed by atoms with van der Waals surface area (Å²) in [6.07, 6.45) is 3.55. The fraction of sp³-hybridized carbons (Fsp3) is 0.900. The van der Waals surface area contributed by atoms with Crippen LogP contribution in [0.2, 0.25) is 0 Å². The average Bonchev–Trinajstić information content (AvgIpc) is 2.16. The first kappa shape index (κ1) is 10.7. The number of rotatable bonds is 5. The maximum atomic E-state index is 11.4. The molecule has 1 fully saturated rings. The van der Waals surface area contributed by atoms with Gasteiger partial charge in [-0.1, -0.05) is 0 Å². The number of carbonyl (C=O) groups is 1. The van der Waals surface area contributed by atoms with E-state index in [4.69, 9.17) is 4.74 Å². The molecule has 3 nitrogen and oxygen atoms in total. The third-order valence-corrected chi connectivity index (χ3v) is 2.51. The van der Waals surface area contributed by atoms with E-state index in [1.807, 2.05) is 7.05 Å². The SMILES string of the molecule is CNCCC(=O)CC1CCOCC1. The van der Waals surface area contributed by atoms with Crippen LogP contribution in [0.25, 0.3) is 0 Å². The molecule has 1 heterocycles. The van der Waals surface area contributed by atoms with Crippen molar-refractivity contribution in [2.24, 2.45) is 5.92 Å². The third-order valence-electron chi connectivity index (χ3n) is 2.51. The Morgan fingerprint density at radius 3 is 2.77 bits per heavy atom. The Bertz CT molecular complexity index is 153. The zero-order valence-electron chi connectivity index (χ0n) is 8.34. The van der Waals surface area contributed by atoms with E-state index in [-0.39, 0.29) is 0 Å². The molecule has 0 aromatic carbocycles. The molecule has 0 aromatic rings. The number of carbonyl (C=O) groups excluding carboxylic acids is 1. The van der Waals surface area contributed by atoms with Gasteiger partial charge in [0.05, 0.1) is 0 Å². The highest BCUT2D eigenvalue weighted by Gasteiger charge is 2.16. The van der Waals surface area contributed by atoms with Crippen molar-refractivity contribution in [2.75, 3.05) is 26.8 Å². The molecule has 0 aromatic heterocycles. The Kier molecular flexibility index (Phi) is 5.01. The highest BCUT2D eigenvalue weighted by atomic mass is 16.5. The predicted molar refractivity (Wildman–Crippen MR) is 51.7 cm³/mol. The molecule has 13 heavy (non-hydrogen) atoms. The maximum Gasteiger partial charge on any atom is 0.134 e. The monoisotopic (exact) mass is 185 g/mol. The molecule has 0 saturated carbocycles. The molecule has 3 heteroatoms.